The zero-order valence-corrected chi connectivity index (χ0v) is 11.7. The number of nitrogens with zero attached hydrogens (tertiary/aromatic N) is 2. The largest absolute Gasteiger partial charge is 0.454 e. The van der Waals surface area contributed by atoms with E-state index < -0.39 is 0 Å². The van der Waals surface area contributed by atoms with E-state index in [-0.39, 0.29) is 10.3 Å². The average Bonchev–Trinajstić information content (AvgIpc) is 2.43. The van der Waals surface area contributed by atoms with Gasteiger partial charge in [0.1, 0.15) is 5.75 Å². The maximum atomic E-state index is 5.93. The van der Waals surface area contributed by atoms with Crippen LogP contribution in [0.3, 0.4) is 0 Å². The lowest BCUT2D eigenvalue weighted by molar-refractivity contribution is 0.477. The van der Waals surface area contributed by atoms with Crippen LogP contribution in [0.4, 0.5) is 0 Å². The van der Waals surface area contributed by atoms with Crippen molar-refractivity contribution in [2.75, 3.05) is 0 Å². The van der Waals surface area contributed by atoms with Crippen LogP contribution in [0.15, 0.2) is 24.3 Å². The predicted molar refractivity (Wildman–Crippen MR) is 75.2 cm³/mol. The van der Waals surface area contributed by atoms with E-state index in [0.29, 0.717) is 5.75 Å². The van der Waals surface area contributed by atoms with Gasteiger partial charge in [-0.25, -0.2) is 0 Å². The van der Waals surface area contributed by atoms with Crippen molar-refractivity contribution in [1.29, 1.82) is 0 Å². The van der Waals surface area contributed by atoms with Crippen molar-refractivity contribution in [1.82, 2.24) is 10.2 Å². The van der Waals surface area contributed by atoms with Gasteiger partial charge in [0.2, 0.25) is 0 Å². The molecule has 1 aromatic heterocycles. The number of hydrogen-bond donors (Lipinski definition) is 0. The molecule has 3 rings (SSSR count). The summed E-state index contributed by atoms with van der Waals surface area (Å²) in [5.41, 5.74) is 2.77. The normalized spacial score (nSPS) is 14.0. The van der Waals surface area contributed by atoms with Crippen LogP contribution in [-0.2, 0) is 12.8 Å². The summed E-state index contributed by atoms with van der Waals surface area (Å²) in [5, 5.41) is 7.85. The Labute approximate surface area is 121 Å². The molecule has 1 aliphatic rings. The molecule has 19 heavy (non-hydrogen) atoms. The third kappa shape index (κ3) is 2.82. The van der Waals surface area contributed by atoms with Gasteiger partial charge in [-0.1, -0.05) is 29.3 Å². The number of aryl methyl sites for hydroxylation is 2. The molecule has 0 unspecified atom stereocenters. The Balaban J connectivity index is 1.89. The number of ether oxygens (including phenoxy) is 1. The molecule has 0 fully saturated rings. The van der Waals surface area contributed by atoms with Gasteiger partial charge >= 0.3 is 0 Å². The van der Waals surface area contributed by atoms with Gasteiger partial charge in [0.25, 0.3) is 0 Å². The molecule has 0 N–H and O–H groups in total. The molecule has 98 valence electrons. The quantitative estimate of drug-likeness (QED) is 0.820. The standard InChI is InChI=1S/C14H12Cl2N2O/c15-13-8-12(14(16)18-17-13)19-11-6-5-9-3-1-2-4-10(9)7-11/h5-8H,1-4H2. The summed E-state index contributed by atoms with van der Waals surface area (Å²) in [5.74, 6) is 1.18. The van der Waals surface area contributed by atoms with Crippen molar-refractivity contribution in [3.05, 3.63) is 45.7 Å². The van der Waals surface area contributed by atoms with Crippen LogP contribution in [0.1, 0.15) is 24.0 Å². The summed E-state index contributed by atoms with van der Waals surface area (Å²) in [7, 11) is 0. The van der Waals surface area contributed by atoms with Crippen molar-refractivity contribution in [3.63, 3.8) is 0 Å². The first-order valence-electron chi connectivity index (χ1n) is 6.21. The molecule has 0 bridgehead atoms. The molecule has 3 nitrogen and oxygen atoms in total. The number of hydrogen-bond acceptors (Lipinski definition) is 3. The van der Waals surface area contributed by atoms with Crippen LogP contribution in [-0.4, -0.2) is 10.2 Å². The van der Waals surface area contributed by atoms with E-state index in [2.05, 4.69) is 22.3 Å². The minimum atomic E-state index is 0.210. The maximum Gasteiger partial charge on any atom is 0.194 e. The molecule has 0 aliphatic heterocycles. The molecule has 1 aromatic carbocycles. The van der Waals surface area contributed by atoms with Crippen LogP contribution in [0.25, 0.3) is 0 Å². The number of benzene rings is 1. The van der Waals surface area contributed by atoms with E-state index >= 15 is 0 Å². The van der Waals surface area contributed by atoms with Gasteiger partial charge in [-0.2, -0.15) is 0 Å². The molecule has 0 saturated heterocycles. The third-order valence-corrected chi connectivity index (χ3v) is 3.68. The van der Waals surface area contributed by atoms with E-state index in [4.69, 9.17) is 27.9 Å². The summed E-state index contributed by atoms with van der Waals surface area (Å²) in [6.07, 6.45) is 4.76. The van der Waals surface area contributed by atoms with Crippen molar-refractivity contribution >= 4 is 23.2 Å². The highest BCUT2D eigenvalue weighted by atomic mass is 35.5. The van der Waals surface area contributed by atoms with Crippen LogP contribution >= 0.6 is 23.2 Å². The fraction of sp³-hybridized carbons (Fsp3) is 0.286. The molecular formula is C14H12Cl2N2O. The number of fused-ring (bicyclic) bond motifs is 1. The molecular weight excluding hydrogens is 283 g/mol. The Bertz CT molecular complexity index is 616. The van der Waals surface area contributed by atoms with E-state index in [9.17, 15) is 0 Å². The predicted octanol–water partition coefficient (Wildman–Crippen LogP) is 4.45. The highest BCUT2D eigenvalue weighted by molar-refractivity contribution is 6.32. The average molecular weight is 295 g/mol. The molecule has 2 aromatic rings. The van der Waals surface area contributed by atoms with Crippen LogP contribution in [0, 0.1) is 0 Å². The number of aromatic nitrogens is 2. The molecule has 0 saturated carbocycles. The van der Waals surface area contributed by atoms with Crippen LogP contribution in [0.5, 0.6) is 11.5 Å². The Hall–Kier alpha value is -1.32. The highest BCUT2D eigenvalue weighted by Crippen LogP contribution is 2.31. The fourth-order valence-corrected chi connectivity index (χ4v) is 2.58. The van der Waals surface area contributed by atoms with E-state index in [0.717, 1.165) is 18.6 Å². The van der Waals surface area contributed by atoms with E-state index in [1.807, 2.05) is 6.07 Å². The van der Waals surface area contributed by atoms with Gasteiger partial charge in [0.15, 0.2) is 16.1 Å². The van der Waals surface area contributed by atoms with Crippen molar-refractivity contribution < 1.29 is 4.74 Å². The first kappa shape index (κ1) is 12.7. The topological polar surface area (TPSA) is 35.0 Å². The molecule has 0 radical (unpaired) electrons. The number of rotatable bonds is 2. The second kappa shape index (κ2) is 5.35. The first-order chi connectivity index (χ1) is 9.22. The Morgan fingerprint density at radius 3 is 2.58 bits per heavy atom. The third-order valence-electron chi connectivity index (χ3n) is 3.23. The molecule has 0 amide bonds. The van der Waals surface area contributed by atoms with Gasteiger partial charge in [-0.05, 0) is 48.9 Å². The van der Waals surface area contributed by atoms with Gasteiger partial charge in [-0.15, -0.1) is 10.2 Å². The van der Waals surface area contributed by atoms with E-state index in [1.165, 1.54) is 24.0 Å². The maximum absolute atomic E-state index is 5.93. The summed E-state index contributed by atoms with van der Waals surface area (Å²) >= 11 is 11.7. The van der Waals surface area contributed by atoms with E-state index in [1.54, 1.807) is 6.07 Å². The zero-order chi connectivity index (χ0) is 13.2. The zero-order valence-electron chi connectivity index (χ0n) is 10.2. The molecule has 0 spiro atoms. The molecule has 1 heterocycles. The SMILES string of the molecule is Clc1cc(Oc2ccc3c(c2)CCCC3)c(Cl)nn1. The molecule has 1 aliphatic carbocycles. The lowest BCUT2D eigenvalue weighted by Crippen LogP contribution is -2.02. The highest BCUT2D eigenvalue weighted by Gasteiger charge is 2.12. The Morgan fingerprint density at radius 2 is 1.74 bits per heavy atom. The smallest absolute Gasteiger partial charge is 0.194 e. The lowest BCUT2D eigenvalue weighted by atomic mass is 9.92. The fourth-order valence-electron chi connectivity index (χ4n) is 2.31. The number of halogens is 2. The second-order valence-corrected chi connectivity index (χ2v) is 5.31. The Morgan fingerprint density at radius 1 is 0.947 bits per heavy atom. The molecule has 5 heteroatoms. The lowest BCUT2D eigenvalue weighted by Gasteiger charge is -2.16. The summed E-state index contributed by atoms with van der Waals surface area (Å²) in [4.78, 5) is 0. The van der Waals surface area contributed by atoms with Crippen LogP contribution < -0.4 is 4.74 Å². The second-order valence-electron chi connectivity index (χ2n) is 4.56. The van der Waals surface area contributed by atoms with Gasteiger partial charge < -0.3 is 4.74 Å². The minimum Gasteiger partial charge on any atom is -0.454 e. The monoisotopic (exact) mass is 294 g/mol. The molecule has 0 atom stereocenters. The summed E-state index contributed by atoms with van der Waals surface area (Å²) < 4.78 is 5.74. The van der Waals surface area contributed by atoms with Gasteiger partial charge in [0, 0.05) is 6.07 Å². The van der Waals surface area contributed by atoms with Crippen molar-refractivity contribution in [2.24, 2.45) is 0 Å². The van der Waals surface area contributed by atoms with Gasteiger partial charge in [0.05, 0.1) is 0 Å². The summed E-state index contributed by atoms with van der Waals surface area (Å²) in [6, 6.07) is 7.71. The first-order valence-corrected chi connectivity index (χ1v) is 6.96. The Kier molecular flexibility index (Phi) is 3.58. The van der Waals surface area contributed by atoms with Crippen molar-refractivity contribution in [2.45, 2.75) is 25.7 Å². The minimum absolute atomic E-state index is 0.210. The summed E-state index contributed by atoms with van der Waals surface area (Å²) in [6.45, 7) is 0. The van der Waals surface area contributed by atoms with Gasteiger partial charge in [-0.3, -0.25) is 0 Å². The van der Waals surface area contributed by atoms with Crippen LogP contribution in [0.2, 0.25) is 10.3 Å². The van der Waals surface area contributed by atoms with Crippen molar-refractivity contribution in [3.8, 4) is 11.5 Å².